The third kappa shape index (κ3) is 3.25. The Kier molecular flexibility index (Phi) is 3.66. The topological polar surface area (TPSA) is 69.9 Å². The molecule has 2 rings (SSSR count). The molecule has 0 aliphatic heterocycles. The first kappa shape index (κ1) is 11.5. The van der Waals surface area contributed by atoms with E-state index in [0.29, 0.717) is 12.5 Å². The van der Waals surface area contributed by atoms with Gasteiger partial charge in [-0.15, -0.1) is 0 Å². The van der Waals surface area contributed by atoms with Crippen LogP contribution in [0.4, 0.5) is 5.69 Å². The molecular formula is C12H12N2O3. The van der Waals surface area contributed by atoms with Crippen molar-refractivity contribution in [3.05, 3.63) is 59.4 Å². The second kappa shape index (κ2) is 5.40. The maximum Gasteiger partial charge on any atom is 0.213 e. The molecule has 0 radical (unpaired) electrons. The number of nitrogens with one attached hydrogen (secondary N) is 1. The third-order valence-electron chi connectivity index (χ3n) is 2.21. The lowest BCUT2D eigenvalue weighted by molar-refractivity contribution is -0.991. The Labute approximate surface area is 98.4 Å². The van der Waals surface area contributed by atoms with Gasteiger partial charge in [0.05, 0.1) is 6.20 Å². The Hall–Kier alpha value is -1.95. The lowest BCUT2D eigenvalue weighted by atomic mass is 10.2. The van der Waals surface area contributed by atoms with E-state index >= 15 is 0 Å². The first-order chi connectivity index (χ1) is 8.25. The summed E-state index contributed by atoms with van der Waals surface area (Å²) in [7, 11) is 0. The van der Waals surface area contributed by atoms with Crippen molar-refractivity contribution in [2.24, 2.45) is 0 Å². The van der Waals surface area contributed by atoms with E-state index in [4.69, 9.17) is 9.94 Å². The average molecular weight is 232 g/mol. The number of benzene rings is 1. The van der Waals surface area contributed by atoms with Crippen molar-refractivity contribution in [3.63, 3.8) is 0 Å². The van der Waals surface area contributed by atoms with Gasteiger partial charge in [-0.05, 0) is 5.56 Å². The van der Waals surface area contributed by atoms with Crippen LogP contribution in [0.3, 0.4) is 0 Å². The molecule has 0 fully saturated rings. The molecule has 0 amide bonds. The van der Waals surface area contributed by atoms with Crippen LogP contribution in [0.25, 0.3) is 0 Å². The molecule has 0 aliphatic carbocycles. The summed E-state index contributed by atoms with van der Waals surface area (Å²) in [6.07, 6.45) is 1.28. The molecule has 1 heterocycles. The monoisotopic (exact) mass is 232 g/mol. The molecule has 2 aromatic rings. The van der Waals surface area contributed by atoms with Crippen molar-refractivity contribution >= 4 is 5.69 Å². The number of hydrogen-bond donors (Lipinski definition) is 2. The molecule has 1 aromatic carbocycles. The normalized spacial score (nSPS) is 12.1. The minimum Gasteiger partial charge on any atom is -0.595 e. The van der Waals surface area contributed by atoms with Crippen LogP contribution in [0.15, 0.2) is 48.7 Å². The van der Waals surface area contributed by atoms with E-state index in [9.17, 15) is 5.21 Å². The van der Waals surface area contributed by atoms with Crippen LogP contribution in [0.1, 0.15) is 5.56 Å². The van der Waals surface area contributed by atoms with Gasteiger partial charge in [-0.2, -0.15) is 5.23 Å². The summed E-state index contributed by atoms with van der Waals surface area (Å²) < 4.78 is 5.42. The van der Waals surface area contributed by atoms with Crippen LogP contribution < -0.4 is 9.96 Å². The highest BCUT2D eigenvalue weighted by Gasteiger charge is 2.01. The van der Waals surface area contributed by atoms with Gasteiger partial charge in [0.1, 0.15) is 6.61 Å². The number of hydrogen-bond acceptors (Lipinski definition) is 4. The zero-order valence-electron chi connectivity index (χ0n) is 9.04. The number of pyridine rings is 1. The molecular weight excluding hydrogens is 220 g/mol. The second-order valence-electron chi connectivity index (χ2n) is 3.46. The molecule has 1 unspecified atom stereocenters. The van der Waals surface area contributed by atoms with E-state index in [-0.39, 0.29) is 5.69 Å². The van der Waals surface area contributed by atoms with Crippen LogP contribution in [-0.4, -0.2) is 10.2 Å². The standard InChI is InChI=1S/C12H12N2O3/c15-14(16)11-6-7-12(13-8-11)17-9-10-4-2-1-3-5-10/h1-8,14-15H,9H2. The Bertz CT molecular complexity index is 457. The highest BCUT2D eigenvalue weighted by Crippen LogP contribution is 2.10. The molecule has 0 spiro atoms. The summed E-state index contributed by atoms with van der Waals surface area (Å²) in [5, 5.41) is 18.3. The molecule has 17 heavy (non-hydrogen) atoms. The Morgan fingerprint density at radius 2 is 1.94 bits per heavy atom. The van der Waals surface area contributed by atoms with Gasteiger partial charge in [-0.3, -0.25) is 0 Å². The van der Waals surface area contributed by atoms with Crippen LogP contribution in [0, 0.1) is 5.21 Å². The number of rotatable bonds is 4. The summed E-state index contributed by atoms with van der Waals surface area (Å²) in [5.74, 6) is 0.416. The van der Waals surface area contributed by atoms with E-state index in [1.165, 1.54) is 12.3 Å². The largest absolute Gasteiger partial charge is 0.595 e. The highest BCUT2D eigenvalue weighted by atomic mass is 16.8. The molecule has 88 valence electrons. The van der Waals surface area contributed by atoms with Gasteiger partial charge >= 0.3 is 0 Å². The van der Waals surface area contributed by atoms with Crippen molar-refractivity contribution in [2.75, 3.05) is 0 Å². The molecule has 5 nitrogen and oxygen atoms in total. The van der Waals surface area contributed by atoms with Gasteiger partial charge in [0.2, 0.25) is 5.88 Å². The fourth-order valence-corrected chi connectivity index (χ4v) is 1.32. The molecule has 2 N–H and O–H groups in total. The predicted molar refractivity (Wildman–Crippen MR) is 60.8 cm³/mol. The van der Waals surface area contributed by atoms with Crippen LogP contribution >= 0.6 is 0 Å². The van der Waals surface area contributed by atoms with Crippen molar-refractivity contribution in [1.29, 1.82) is 0 Å². The van der Waals surface area contributed by atoms with Gasteiger partial charge < -0.3 is 9.94 Å². The Balaban J connectivity index is 1.96. The number of ether oxygens (including phenoxy) is 1. The summed E-state index contributed by atoms with van der Waals surface area (Å²) in [4.78, 5) is 3.91. The number of aromatic nitrogens is 1. The molecule has 1 aromatic heterocycles. The average Bonchev–Trinajstić information content (AvgIpc) is 2.38. The van der Waals surface area contributed by atoms with Crippen molar-refractivity contribution < 1.29 is 15.2 Å². The summed E-state index contributed by atoms with van der Waals surface area (Å²) in [6.45, 7) is 0.417. The Morgan fingerprint density at radius 1 is 1.18 bits per heavy atom. The van der Waals surface area contributed by atoms with E-state index in [1.807, 2.05) is 30.3 Å². The SMILES string of the molecule is [O-][NH+](O)c1ccc(OCc2ccccc2)nc1. The van der Waals surface area contributed by atoms with E-state index in [1.54, 1.807) is 6.07 Å². The van der Waals surface area contributed by atoms with Crippen molar-refractivity contribution in [1.82, 2.24) is 4.98 Å². The molecule has 0 bridgehead atoms. The molecule has 1 atom stereocenters. The quantitative estimate of drug-likeness (QED) is 0.773. The lowest BCUT2D eigenvalue weighted by Gasteiger charge is -2.11. The van der Waals surface area contributed by atoms with E-state index in [0.717, 1.165) is 5.56 Å². The first-order valence-electron chi connectivity index (χ1n) is 5.12. The smallest absolute Gasteiger partial charge is 0.213 e. The van der Waals surface area contributed by atoms with Gasteiger partial charge in [0.15, 0.2) is 5.69 Å². The maximum absolute atomic E-state index is 10.6. The zero-order valence-corrected chi connectivity index (χ0v) is 9.04. The third-order valence-corrected chi connectivity index (χ3v) is 2.21. The van der Waals surface area contributed by atoms with Crippen LogP contribution in [0.2, 0.25) is 0 Å². The van der Waals surface area contributed by atoms with E-state index in [2.05, 4.69) is 4.98 Å². The molecule has 5 heteroatoms. The molecule has 0 saturated carbocycles. The van der Waals surface area contributed by atoms with Crippen LogP contribution in [-0.2, 0) is 6.61 Å². The fourth-order valence-electron chi connectivity index (χ4n) is 1.32. The second-order valence-corrected chi connectivity index (χ2v) is 3.46. The van der Waals surface area contributed by atoms with Gasteiger partial charge in [0, 0.05) is 12.1 Å². The fraction of sp³-hybridized carbons (Fsp3) is 0.0833. The molecule has 0 saturated heterocycles. The Morgan fingerprint density at radius 3 is 2.53 bits per heavy atom. The van der Waals surface area contributed by atoms with Gasteiger partial charge in [0.25, 0.3) is 0 Å². The summed E-state index contributed by atoms with van der Waals surface area (Å²) in [5.41, 5.74) is 1.19. The minimum atomic E-state index is -0.993. The maximum atomic E-state index is 10.6. The van der Waals surface area contributed by atoms with Gasteiger partial charge in [-0.1, -0.05) is 30.3 Å². The molecule has 0 aliphatic rings. The van der Waals surface area contributed by atoms with Crippen LogP contribution in [0.5, 0.6) is 5.88 Å². The first-order valence-corrected chi connectivity index (χ1v) is 5.12. The van der Waals surface area contributed by atoms with Crippen molar-refractivity contribution in [3.8, 4) is 5.88 Å². The predicted octanol–water partition coefficient (Wildman–Crippen LogP) is 1.06. The van der Waals surface area contributed by atoms with E-state index < -0.39 is 5.23 Å². The highest BCUT2D eigenvalue weighted by molar-refractivity contribution is 5.28. The minimum absolute atomic E-state index is 0.150. The number of nitrogens with zero attached hydrogens (tertiary/aromatic N) is 1. The lowest BCUT2D eigenvalue weighted by Crippen LogP contribution is -2.99. The zero-order chi connectivity index (χ0) is 12.1. The number of quaternary nitrogens is 1. The summed E-state index contributed by atoms with van der Waals surface area (Å²) in [6, 6.07) is 12.7. The van der Waals surface area contributed by atoms with Gasteiger partial charge in [-0.25, -0.2) is 10.2 Å². The van der Waals surface area contributed by atoms with Crippen molar-refractivity contribution in [2.45, 2.75) is 6.61 Å². The summed E-state index contributed by atoms with van der Waals surface area (Å²) >= 11 is 0.